The first-order valence-corrected chi connectivity index (χ1v) is 4.87. The van der Waals surface area contributed by atoms with E-state index in [-0.39, 0.29) is 5.91 Å². The summed E-state index contributed by atoms with van der Waals surface area (Å²) in [5.41, 5.74) is 0.996. The molecule has 0 aliphatic carbocycles. The second-order valence-electron chi connectivity index (χ2n) is 2.64. The van der Waals surface area contributed by atoms with Gasteiger partial charge in [0.25, 0.3) is 0 Å². The van der Waals surface area contributed by atoms with Crippen molar-refractivity contribution in [3.63, 3.8) is 0 Å². The summed E-state index contributed by atoms with van der Waals surface area (Å²) < 4.78 is 0.927. The van der Waals surface area contributed by atoms with E-state index in [1.54, 1.807) is 12.4 Å². The van der Waals surface area contributed by atoms with Gasteiger partial charge < -0.3 is 5.32 Å². The molecule has 1 rings (SSSR count). The van der Waals surface area contributed by atoms with Crippen LogP contribution in [0.5, 0.6) is 0 Å². The fourth-order valence-corrected chi connectivity index (χ4v) is 1.29. The van der Waals surface area contributed by atoms with Gasteiger partial charge in [0, 0.05) is 29.8 Å². The first-order chi connectivity index (χ1) is 6.22. The van der Waals surface area contributed by atoms with Gasteiger partial charge in [-0.15, -0.1) is 0 Å². The molecule has 1 amide bonds. The Hall–Kier alpha value is -0.900. The Bertz CT molecular complexity index is 301. The molecule has 0 saturated heterocycles. The number of halogens is 1. The molecule has 4 heteroatoms. The van der Waals surface area contributed by atoms with E-state index in [0.29, 0.717) is 13.0 Å². The van der Waals surface area contributed by atoms with Crippen LogP contribution < -0.4 is 5.32 Å². The van der Waals surface area contributed by atoms with E-state index in [0.717, 1.165) is 10.0 Å². The molecule has 1 aromatic rings. The lowest BCUT2D eigenvalue weighted by Gasteiger charge is -2.02. The smallest absolute Gasteiger partial charge is 0.219 e. The number of carbonyl (C=O) groups is 1. The molecule has 0 radical (unpaired) electrons. The maximum Gasteiger partial charge on any atom is 0.219 e. The number of nitrogens with zero attached hydrogens (tertiary/aromatic N) is 1. The van der Waals surface area contributed by atoms with Crippen molar-refractivity contribution >= 4 is 21.8 Å². The van der Waals surface area contributed by atoms with Gasteiger partial charge >= 0.3 is 0 Å². The molecule has 1 N–H and O–H groups in total. The number of rotatable bonds is 3. The number of amides is 1. The highest BCUT2D eigenvalue weighted by Gasteiger charge is 1.97. The zero-order chi connectivity index (χ0) is 9.68. The minimum atomic E-state index is 0.0555. The number of hydrogen-bond acceptors (Lipinski definition) is 2. The number of pyridine rings is 1. The molecule has 0 aromatic carbocycles. The third-order valence-corrected chi connectivity index (χ3v) is 2.01. The molecule has 1 heterocycles. The highest BCUT2D eigenvalue weighted by Crippen LogP contribution is 2.08. The van der Waals surface area contributed by atoms with Crippen LogP contribution in [0.1, 0.15) is 18.9 Å². The van der Waals surface area contributed by atoms with Gasteiger partial charge in [0.1, 0.15) is 0 Å². The molecular formula is C9H11BrN2O. The average molecular weight is 243 g/mol. The maximum atomic E-state index is 10.9. The third-order valence-electron chi connectivity index (χ3n) is 1.57. The first-order valence-electron chi connectivity index (χ1n) is 4.08. The van der Waals surface area contributed by atoms with E-state index in [1.807, 2.05) is 13.0 Å². The van der Waals surface area contributed by atoms with Crippen LogP contribution in [0.3, 0.4) is 0 Å². The van der Waals surface area contributed by atoms with Crippen molar-refractivity contribution in [3.8, 4) is 0 Å². The predicted molar refractivity (Wildman–Crippen MR) is 54.1 cm³/mol. The molecule has 0 spiro atoms. The summed E-state index contributed by atoms with van der Waals surface area (Å²) >= 11 is 3.31. The van der Waals surface area contributed by atoms with E-state index in [2.05, 4.69) is 26.2 Å². The van der Waals surface area contributed by atoms with E-state index < -0.39 is 0 Å². The number of hydrogen-bond donors (Lipinski definition) is 1. The Morgan fingerprint density at radius 1 is 1.62 bits per heavy atom. The molecule has 13 heavy (non-hydrogen) atoms. The van der Waals surface area contributed by atoms with Crippen molar-refractivity contribution in [1.82, 2.24) is 10.3 Å². The summed E-state index contributed by atoms with van der Waals surface area (Å²) in [5.74, 6) is 0.0555. The third kappa shape index (κ3) is 3.55. The lowest BCUT2D eigenvalue weighted by molar-refractivity contribution is -0.120. The summed E-state index contributed by atoms with van der Waals surface area (Å²) in [5, 5.41) is 2.78. The van der Waals surface area contributed by atoms with Gasteiger partial charge in [0.15, 0.2) is 0 Å². The fraction of sp³-hybridized carbons (Fsp3) is 0.333. The zero-order valence-electron chi connectivity index (χ0n) is 7.38. The van der Waals surface area contributed by atoms with E-state index in [9.17, 15) is 4.79 Å². The van der Waals surface area contributed by atoms with Crippen molar-refractivity contribution in [3.05, 3.63) is 28.5 Å². The van der Waals surface area contributed by atoms with Crippen molar-refractivity contribution < 1.29 is 4.79 Å². The zero-order valence-corrected chi connectivity index (χ0v) is 8.97. The largest absolute Gasteiger partial charge is 0.352 e. The van der Waals surface area contributed by atoms with E-state index in [4.69, 9.17) is 0 Å². The summed E-state index contributed by atoms with van der Waals surface area (Å²) in [6.45, 7) is 2.37. The van der Waals surface area contributed by atoms with Crippen molar-refractivity contribution in [2.24, 2.45) is 0 Å². The normalized spacial score (nSPS) is 9.69. The lowest BCUT2D eigenvalue weighted by atomic mass is 10.3. The minimum Gasteiger partial charge on any atom is -0.352 e. The average Bonchev–Trinajstić information content (AvgIpc) is 2.14. The van der Waals surface area contributed by atoms with Crippen LogP contribution >= 0.6 is 15.9 Å². The van der Waals surface area contributed by atoms with Gasteiger partial charge in [-0.3, -0.25) is 9.78 Å². The Kier molecular flexibility index (Phi) is 3.89. The summed E-state index contributed by atoms with van der Waals surface area (Å²) in [6.07, 6.45) is 3.97. The van der Waals surface area contributed by atoms with E-state index in [1.165, 1.54) is 0 Å². The fourth-order valence-electron chi connectivity index (χ4n) is 0.878. The lowest BCUT2D eigenvalue weighted by Crippen LogP contribution is -2.21. The van der Waals surface area contributed by atoms with Gasteiger partial charge in [0.05, 0.1) is 0 Å². The second kappa shape index (κ2) is 4.97. The van der Waals surface area contributed by atoms with Crippen LogP contribution in [0.4, 0.5) is 0 Å². The van der Waals surface area contributed by atoms with Crippen molar-refractivity contribution in [2.45, 2.75) is 19.9 Å². The molecule has 0 atom stereocenters. The molecule has 0 unspecified atom stereocenters. The van der Waals surface area contributed by atoms with Crippen LogP contribution in [0, 0.1) is 0 Å². The minimum absolute atomic E-state index is 0.0555. The number of aromatic nitrogens is 1. The molecule has 0 aliphatic heterocycles. The van der Waals surface area contributed by atoms with Crippen LogP contribution in [0.2, 0.25) is 0 Å². The molecule has 0 saturated carbocycles. The van der Waals surface area contributed by atoms with E-state index >= 15 is 0 Å². The molecule has 1 aromatic heterocycles. The first kappa shape index (κ1) is 10.2. The SMILES string of the molecule is CCC(=O)NCc1cncc(Br)c1. The van der Waals surface area contributed by atoms with Crippen LogP contribution in [-0.4, -0.2) is 10.9 Å². The summed E-state index contributed by atoms with van der Waals surface area (Å²) in [4.78, 5) is 14.9. The van der Waals surface area contributed by atoms with Gasteiger partial charge in [-0.1, -0.05) is 6.92 Å². The summed E-state index contributed by atoms with van der Waals surface area (Å²) in [7, 11) is 0. The monoisotopic (exact) mass is 242 g/mol. The highest BCUT2D eigenvalue weighted by atomic mass is 79.9. The molecule has 3 nitrogen and oxygen atoms in total. The number of nitrogens with one attached hydrogen (secondary N) is 1. The van der Waals surface area contributed by atoms with Gasteiger partial charge in [-0.05, 0) is 27.6 Å². The summed E-state index contributed by atoms with van der Waals surface area (Å²) in [6, 6.07) is 1.93. The van der Waals surface area contributed by atoms with Gasteiger partial charge in [-0.2, -0.15) is 0 Å². The Morgan fingerprint density at radius 3 is 3.00 bits per heavy atom. The van der Waals surface area contributed by atoms with Gasteiger partial charge in [-0.25, -0.2) is 0 Å². The molecule has 0 bridgehead atoms. The highest BCUT2D eigenvalue weighted by molar-refractivity contribution is 9.10. The topological polar surface area (TPSA) is 42.0 Å². The molecule has 70 valence electrons. The maximum absolute atomic E-state index is 10.9. The molecule has 0 fully saturated rings. The van der Waals surface area contributed by atoms with Crippen LogP contribution in [0.25, 0.3) is 0 Å². The molecule has 0 aliphatic rings. The predicted octanol–water partition coefficient (Wildman–Crippen LogP) is 1.87. The van der Waals surface area contributed by atoms with Crippen molar-refractivity contribution in [1.29, 1.82) is 0 Å². The Morgan fingerprint density at radius 2 is 2.38 bits per heavy atom. The second-order valence-corrected chi connectivity index (χ2v) is 3.56. The van der Waals surface area contributed by atoms with Crippen molar-refractivity contribution in [2.75, 3.05) is 0 Å². The van der Waals surface area contributed by atoms with Crippen LogP contribution in [0.15, 0.2) is 22.9 Å². The van der Waals surface area contributed by atoms with Crippen LogP contribution in [-0.2, 0) is 11.3 Å². The Labute approximate surface area is 85.7 Å². The number of carbonyl (C=O) groups excluding carboxylic acids is 1. The quantitative estimate of drug-likeness (QED) is 0.880. The standard InChI is InChI=1S/C9H11BrN2O/c1-2-9(13)12-5-7-3-8(10)6-11-4-7/h3-4,6H,2,5H2,1H3,(H,12,13). The molecular weight excluding hydrogens is 232 g/mol. The van der Waals surface area contributed by atoms with Gasteiger partial charge in [0.2, 0.25) is 5.91 Å². The Balaban J connectivity index is 2.50.